The summed E-state index contributed by atoms with van der Waals surface area (Å²) < 4.78 is 10.9. The summed E-state index contributed by atoms with van der Waals surface area (Å²) in [6.07, 6.45) is 0. The van der Waals surface area contributed by atoms with E-state index < -0.39 is 0 Å². The lowest BCUT2D eigenvalue weighted by Crippen LogP contribution is -2.22. The zero-order chi connectivity index (χ0) is 14.7. The van der Waals surface area contributed by atoms with E-state index in [1.165, 1.54) is 22.3 Å². The molecule has 2 aromatic carbocycles. The monoisotopic (exact) mass is 283 g/mol. The third-order valence-corrected chi connectivity index (χ3v) is 3.91. The Morgan fingerprint density at radius 2 is 1.90 bits per heavy atom. The highest BCUT2D eigenvalue weighted by molar-refractivity contribution is 5.40. The minimum Gasteiger partial charge on any atom is -0.497 e. The third kappa shape index (κ3) is 2.94. The first-order chi connectivity index (χ1) is 10.3. The molecular weight excluding hydrogens is 262 g/mol. The van der Waals surface area contributed by atoms with E-state index in [1.54, 1.807) is 7.11 Å². The molecule has 0 saturated carbocycles. The summed E-state index contributed by atoms with van der Waals surface area (Å²) in [7, 11) is 1.70. The van der Waals surface area contributed by atoms with Crippen molar-refractivity contribution >= 4 is 0 Å². The minimum absolute atomic E-state index is 0.177. The molecule has 3 rings (SSSR count). The van der Waals surface area contributed by atoms with Crippen molar-refractivity contribution in [2.45, 2.75) is 26.2 Å². The summed E-state index contributed by atoms with van der Waals surface area (Å²) in [5, 5.41) is 3.56. The smallest absolute Gasteiger partial charge is 0.119 e. The standard InChI is InChI=1S/C18H21NO2/c1-3-19-18(13-5-4-6-17(10-13)20-2)14-7-8-15-11-21-12-16(15)9-14/h4-10,18-19H,3,11-12H2,1-2H3. The van der Waals surface area contributed by atoms with Gasteiger partial charge in [0.2, 0.25) is 0 Å². The molecule has 0 bridgehead atoms. The van der Waals surface area contributed by atoms with Crippen LogP contribution < -0.4 is 10.1 Å². The molecule has 1 atom stereocenters. The van der Waals surface area contributed by atoms with Gasteiger partial charge in [0, 0.05) is 0 Å². The lowest BCUT2D eigenvalue weighted by atomic mass is 9.95. The van der Waals surface area contributed by atoms with Crippen LogP contribution in [0.15, 0.2) is 42.5 Å². The number of ether oxygens (including phenoxy) is 2. The van der Waals surface area contributed by atoms with E-state index in [2.05, 4.69) is 42.6 Å². The lowest BCUT2D eigenvalue weighted by Gasteiger charge is -2.20. The number of hydrogen-bond acceptors (Lipinski definition) is 3. The van der Waals surface area contributed by atoms with Gasteiger partial charge in [-0.1, -0.05) is 37.3 Å². The van der Waals surface area contributed by atoms with Gasteiger partial charge in [0.05, 0.1) is 26.4 Å². The Balaban J connectivity index is 1.97. The third-order valence-electron chi connectivity index (χ3n) is 3.91. The molecular formula is C18H21NO2. The average molecular weight is 283 g/mol. The van der Waals surface area contributed by atoms with Crippen LogP contribution in [0.2, 0.25) is 0 Å². The quantitative estimate of drug-likeness (QED) is 0.912. The molecule has 0 aliphatic carbocycles. The van der Waals surface area contributed by atoms with E-state index in [4.69, 9.17) is 9.47 Å². The molecule has 0 radical (unpaired) electrons. The van der Waals surface area contributed by atoms with Crippen LogP contribution in [-0.4, -0.2) is 13.7 Å². The number of methoxy groups -OCH3 is 1. The van der Waals surface area contributed by atoms with Crippen LogP contribution in [0.4, 0.5) is 0 Å². The van der Waals surface area contributed by atoms with Crippen LogP contribution in [-0.2, 0) is 18.0 Å². The Hall–Kier alpha value is -1.84. The summed E-state index contributed by atoms with van der Waals surface area (Å²) in [5.41, 5.74) is 5.10. The van der Waals surface area contributed by atoms with Crippen molar-refractivity contribution in [3.05, 3.63) is 64.7 Å². The van der Waals surface area contributed by atoms with Gasteiger partial charge in [-0.3, -0.25) is 0 Å². The van der Waals surface area contributed by atoms with Crippen LogP contribution in [0.25, 0.3) is 0 Å². The molecule has 0 aromatic heterocycles. The van der Waals surface area contributed by atoms with Gasteiger partial charge < -0.3 is 14.8 Å². The topological polar surface area (TPSA) is 30.5 Å². The van der Waals surface area contributed by atoms with E-state index in [1.807, 2.05) is 12.1 Å². The highest BCUT2D eigenvalue weighted by Crippen LogP contribution is 2.29. The maximum absolute atomic E-state index is 5.51. The normalized spacial score (nSPS) is 14.8. The summed E-state index contributed by atoms with van der Waals surface area (Å²) in [6.45, 7) is 4.50. The summed E-state index contributed by atoms with van der Waals surface area (Å²) in [5.74, 6) is 0.889. The Labute approximate surface area is 125 Å². The van der Waals surface area contributed by atoms with Gasteiger partial charge in [-0.2, -0.15) is 0 Å². The van der Waals surface area contributed by atoms with Gasteiger partial charge in [0.15, 0.2) is 0 Å². The molecule has 0 amide bonds. The SMILES string of the molecule is CCNC(c1cccc(OC)c1)c1ccc2c(c1)COC2. The average Bonchev–Trinajstić information content (AvgIpc) is 3.00. The summed E-state index contributed by atoms with van der Waals surface area (Å²) in [4.78, 5) is 0. The first-order valence-corrected chi connectivity index (χ1v) is 7.38. The second-order valence-electron chi connectivity index (χ2n) is 5.29. The predicted octanol–water partition coefficient (Wildman–Crippen LogP) is 3.42. The molecule has 1 heterocycles. The molecule has 0 spiro atoms. The van der Waals surface area contributed by atoms with Gasteiger partial charge in [0.25, 0.3) is 0 Å². The molecule has 1 aliphatic heterocycles. The van der Waals surface area contributed by atoms with Crippen molar-refractivity contribution in [2.24, 2.45) is 0 Å². The maximum atomic E-state index is 5.51. The zero-order valence-electron chi connectivity index (χ0n) is 12.6. The molecule has 110 valence electrons. The molecule has 3 nitrogen and oxygen atoms in total. The number of fused-ring (bicyclic) bond motifs is 1. The second-order valence-corrected chi connectivity index (χ2v) is 5.29. The Morgan fingerprint density at radius 1 is 1.10 bits per heavy atom. The number of benzene rings is 2. The van der Waals surface area contributed by atoms with E-state index >= 15 is 0 Å². The summed E-state index contributed by atoms with van der Waals surface area (Å²) in [6, 6.07) is 15.1. The maximum Gasteiger partial charge on any atom is 0.119 e. The Bertz CT molecular complexity index is 624. The van der Waals surface area contributed by atoms with Gasteiger partial charge in [0.1, 0.15) is 5.75 Å². The fourth-order valence-electron chi connectivity index (χ4n) is 2.82. The van der Waals surface area contributed by atoms with Crippen LogP contribution in [0, 0.1) is 0 Å². The van der Waals surface area contributed by atoms with Crippen molar-refractivity contribution in [1.82, 2.24) is 5.32 Å². The molecule has 2 aromatic rings. The van der Waals surface area contributed by atoms with E-state index in [9.17, 15) is 0 Å². The van der Waals surface area contributed by atoms with E-state index in [-0.39, 0.29) is 6.04 Å². The highest BCUT2D eigenvalue weighted by Gasteiger charge is 2.17. The predicted molar refractivity (Wildman–Crippen MR) is 83.4 cm³/mol. The molecule has 1 unspecified atom stereocenters. The largest absolute Gasteiger partial charge is 0.497 e. The summed E-state index contributed by atoms with van der Waals surface area (Å²) >= 11 is 0. The van der Waals surface area contributed by atoms with Gasteiger partial charge in [-0.25, -0.2) is 0 Å². The number of hydrogen-bond donors (Lipinski definition) is 1. The van der Waals surface area contributed by atoms with Crippen LogP contribution in [0.5, 0.6) is 5.75 Å². The van der Waals surface area contributed by atoms with Crippen molar-refractivity contribution in [1.29, 1.82) is 0 Å². The van der Waals surface area contributed by atoms with Crippen LogP contribution in [0.1, 0.15) is 35.2 Å². The first-order valence-electron chi connectivity index (χ1n) is 7.38. The van der Waals surface area contributed by atoms with Crippen molar-refractivity contribution in [2.75, 3.05) is 13.7 Å². The molecule has 1 aliphatic rings. The van der Waals surface area contributed by atoms with Crippen molar-refractivity contribution < 1.29 is 9.47 Å². The molecule has 3 heteroatoms. The Morgan fingerprint density at radius 3 is 2.71 bits per heavy atom. The molecule has 21 heavy (non-hydrogen) atoms. The zero-order valence-corrected chi connectivity index (χ0v) is 12.6. The van der Waals surface area contributed by atoms with Crippen LogP contribution in [0.3, 0.4) is 0 Å². The second kappa shape index (κ2) is 6.29. The number of nitrogens with one attached hydrogen (secondary N) is 1. The van der Waals surface area contributed by atoms with Crippen molar-refractivity contribution in [3.8, 4) is 5.75 Å². The molecule has 0 fully saturated rings. The first kappa shape index (κ1) is 14.1. The van der Waals surface area contributed by atoms with Crippen LogP contribution >= 0.6 is 0 Å². The molecule has 1 N–H and O–H groups in total. The number of rotatable bonds is 5. The van der Waals surface area contributed by atoms with E-state index in [0.717, 1.165) is 25.5 Å². The van der Waals surface area contributed by atoms with Gasteiger partial charge in [-0.05, 0) is 40.9 Å². The van der Waals surface area contributed by atoms with E-state index in [0.29, 0.717) is 0 Å². The van der Waals surface area contributed by atoms with Crippen molar-refractivity contribution in [3.63, 3.8) is 0 Å². The highest BCUT2D eigenvalue weighted by atomic mass is 16.5. The Kier molecular flexibility index (Phi) is 4.23. The van der Waals surface area contributed by atoms with Gasteiger partial charge in [-0.15, -0.1) is 0 Å². The lowest BCUT2D eigenvalue weighted by molar-refractivity contribution is 0.134. The van der Waals surface area contributed by atoms with Gasteiger partial charge >= 0.3 is 0 Å². The molecule has 0 saturated heterocycles. The minimum atomic E-state index is 0.177. The fraction of sp³-hybridized carbons (Fsp3) is 0.333. The fourth-order valence-corrected chi connectivity index (χ4v) is 2.82.